The van der Waals surface area contributed by atoms with Crippen LogP contribution in [0.2, 0.25) is 0 Å². The lowest BCUT2D eigenvalue weighted by Gasteiger charge is -2.29. The Morgan fingerprint density at radius 1 is 1.23 bits per heavy atom. The van der Waals surface area contributed by atoms with Crippen molar-refractivity contribution in [2.24, 2.45) is 0 Å². The third-order valence-corrected chi connectivity index (χ3v) is 6.03. The monoisotopic (exact) mass is 439 g/mol. The fourth-order valence-corrected chi connectivity index (χ4v) is 4.36. The molecular formula is C22H21N3O5S. The number of carbonyl (C=O) groups is 1. The first-order valence-corrected chi connectivity index (χ1v) is 11.0. The summed E-state index contributed by atoms with van der Waals surface area (Å²) in [6.07, 6.45) is 1.38. The first-order chi connectivity index (χ1) is 15.2. The van der Waals surface area contributed by atoms with E-state index in [1.807, 2.05) is 47.4 Å². The Labute approximate surface area is 183 Å². The van der Waals surface area contributed by atoms with E-state index >= 15 is 0 Å². The average Bonchev–Trinajstić information content (AvgIpc) is 3.30. The predicted octanol–water partition coefficient (Wildman–Crippen LogP) is 3.66. The Balaban J connectivity index is 1.22. The number of nitrogens with zero attached hydrogens (tertiary/aromatic N) is 3. The molecule has 8 nitrogen and oxygen atoms in total. The summed E-state index contributed by atoms with van der Waals surface area (Å²) in [5.41, 5.74) is 2.06. The van der Waals surface area contributed by atoms with E-state index in [9.17, 15) is 4.79 Å². The van der Waals surface area contributed by atoms with Crippen molar-refractivity contribution in [1.29, 1.82) is 0 Å². The van der Waals surface area contributed by atoms with Gasteiger partial charge in [-0.3, -0.25) is 4.79 Å². The van der Waals surface area contributed by atoms with Gasteiger partial charge in [0.25, 0.3) is 11.1 Å². The second kappa shape index (κ2) is 8.50. The third-order valence-electron chi connectivity index (χ3n) is 5.23. The number of para-hydroxylation sites is 2. The summed E-state index contributed by atoms with van der Waals surface area (Å²) in [7, 11) is 1.64. The number of anilines is 1. The van der Waals surface area contributed by atoms with Crippen molar-refractivity contribution in [2.45, 2.75) is 24.2 Å². The number of benzene rings is 2. The Kier molecular flexibility index (Phi) is 5.42. The second-order valence-electron chi connectivity index (χ2n) is 7.20. The molecule has 0 aliphatic carbocycles. The van der Waals surface area contributed by atoms with Gasteiger partial charge in [-0.25, -0.2) is 0 Å². The standard InChI is InChI=1S/C22H21N3O5S/c1-27-15-8-9-16-14(11-15)5-4-10-25(16)20(26)13-31-22-24-23-21(30-22)19-12-28-17-6-2-3-7-18(17)29-19/h2-3,6-9,11,19H,4-5,10,12-13H2,1H3. The lowest BCUT2D eigenvalue weighted by molar-refractivity contribution is -0.116. The molecule has 1 unspecified atom stereocenters. The van der Waals surface area contributed by atoms with Crippen LogP contribution in [0.15, 0.2) is 52.1 Å². The van der Waals surface area contributed by atoms with Crippen LogP contribution in [0.4, 0.5) is 5.69 Å². The van der Waals surface area contributed by atoms with Gasteiger partial charge in [0, 0.05) is 12.2 Å². The fraction of sp³-hybridized carbons (Fsp3) is 0.318. The highest BCUT2D eigenvalue weighted by molar-refractivity contribution is 7.99. The first-order valence-electron chi connectivity index (χ1n) is 10.0. The zero-order valence-corrected chi connectivity index (χ0v) is 17.8. The molecule has 1 amide bonds. The van der Waals surface area contributed by atoms with Crippen molar-refractivity contribution in [1.82, 2.24) is 10.2 Å². The average molecular weight is 439 g/mol. The van der Waals surface area contributed by atoms with Gasteiger partial charge in [-0.05, 0) is 48.7 Å². The number of methoxy groups -OCH3 is 1. The SMILES string of the molecule is COc1ccc2c(c1)CCCN2C(=O)CSc1nnc(C2COc3ccccc3O2)o1. The summed E-state index contributed by atoms with van der Waals surface area (Å²) >= 11 is 1.22. The number of carbonyl (C=O) groups excluding carboxylic acids is 1. The minimum absolute atomic E-state index is 0.00189. The van der Waals surface area contributed by atoms with E-state index in [-0.39, 0.29) is 18.3 Å². The fourth-order valence-electron chi connectivity index (χ4n) is 3.71. The summed E-state index contributed by atoms with van der Waals surface area (Å²) in [4.78, 5) is 14.7. The van der Waals surface area contributed by atoms with Crippen LogP contribution >= 0.6 is 11.8 Å². The number of aryl methyl sites for hydroxylation is 1. The van der Waals surface area contributed by atoms with Gasteiger partial charge in [0.1, 0.15) is 12.4 Å². The van der Waals surface area contributed by atoms with Crippen LogP contribution in [-0.4, -0.2) is 42.1 Å². The highest BCUT2D eigenvalue weighted by atomic mass is 32.2. The van der Waals surface area contributed by atoms with Crippen LogP contribution in [0, 0.1) is 0 Å². The number of thioether (sulfide) groups is 1. The van der Waals surface area contributed by atoms with Crippen LogP contribution in [0.3, 0.4) is 0 Å². The Morgan fingerprint density at radius 2 is 2.10 bits per heavy atom. The number of ether oxygens (including phenoxy) is 3. The molecule has 0 bridgehead atoms. The summed E-state index contributed by atoms with van der Waals surface area (Å²) in [6.45, 7) is 0.983. The highest BCUT2D eigenvalue weighted by Crippen LogP contribution is 2.36. The molecule has 1 aromatic heterocycles. The molecule has 3 aromatic rings. The molecule has 31 heavy (non-hydrogen) atoms. The Bertz CT molecular complexity index is 1100. The number of hydrogen-bond donors (Lipinski definition) is 0. The zero-order chi connectivity index (χ0) is 21.2. The van der Waals surface area contributed by atoms with Gasteiger partial charge in [0.2, 0.25) is 12.0 Å². The van der Waals surface area contributed by atoms with Gasteiger partial charge in [0.15, 0.2) is 11.5 Å². The minimum atomic E-state index is -0.476. The van der Waals surface area contributed by atoms with Gasteiger partial charge in [-0.1, -0.05) is 23.9 Å². The van der Waals surface area contributed by atoms with Crippen LogP contribution in [0.25, 0.3) is 0 Å². The molecule has 9 heteroatoms. The van der Waals surface area contributed by atoms with Crippen molar-refractivity contribution < 1.29 is 23.4 Å². The summed E-state index contributed by atoms with van der Waals surface area (Å²) in [6, 6.07) is 13.3. The first kappa shape index (κ1) is 19.7. The van der Waals surface area contributed by atoms with Gasteiger partial charge in [0.05, 0.1) is 12.9 Å². The smallest absolute Gasteiger partial charge is 0.277 e. The van der Waals surface area contributed by atoms with Gasteiger partial charge in [-0.2, -0.15) is 0 Å². The second-order valence-corrected chi connectivity index (χ2v) is 8.13. The topological polar surface area (TPSA) is 86.9 Å². The molecule has 0 saturated heterocycles. The van der Waals surface area contributed by atoms with Crippen molar-refractivity contribution >= 4 is 23.4 Å². The quantitative estimate of drug-likeness (QED) is 0.557. The van der Waals surface area contributed by atoms with Crippen LogP contribution < -0.4 is 19.1 Å². The molecule has 2 aliphatic heterocycles. The Hall–Kier alpha value is -3.20. The third kappa shape index (κ3) is 4.05. The van der Waals surface area contributed by atoms with Gasteiger partial charge in [-0.15, -0.1) is 10.2 Å². The normalized spacial score (nSPS) is 17.2. The van der Waals surface area contributed by atoms with Crippen molar-refractivity contribution in [3.63, 3.8) is 0 Å². The molecule has 3 heterocycles. The van der Waals surface area contributed by atoms with E-state index in [1.54, 1.807) is 7.11 Å². The molecule has 5 rings (SSSR count). The molecule has 0 saturated carbocycles. The Morgan fingerprint density at radius 3 is 2.97 bits per heavy atom. The van der Waals surface area contributed by atoms with Crippen LogP contribution in [-0.2, 0) is 11.2 Å². The maximum atomic E-state index is 12.9. The van der Waals surface area contributed by atoms with Crippen molar-refractivity contribution in [2.75, 3.05) is 30.9 Å². The number of aromatic nitrogens is 2. The molecule has 0 spiro atoms. The molecule has 0 N–H and O–H groups in total. The maximum absolute atomic E-state index is 12.9. The number of hydrogen-bond acceptors (Lipinski definition) is 8. The largest absolute Gasteiger partial charge is 0.497 e. The lowest BCUT2D eigenvalue weighted by Crippen LogP contribution is -2.36. The van der Waals surface area contributed by atoms with Crippen molar-refractivity contribution in [3.8, 4) is 17.2 Å². The summed E-state index contributed by atoms with van der Waals surface area (Å²) in [5, 5.41) is 8.46. The molecule has 0 fully saturated rings. The van der Waals surface area contributed by atoms with Gasteiger partial charge >= 0.3 is 0 Å². The van der Waals surface area contributed by atoms with E-state index in [2.05, 4.69) is 10.2 Å². The number of amides is 1. The molecule has 0 radical (unpaired) electrons. The summed E-state index contributed by atoms with van der Waals surface area (Å²) in [5.74, 6) is 2.68. The molecule has 2 aromatic carbocycles. The molecular weight excluding hydrogens is 418 g/mol. The van der Waals surface area contributed by atoms with Crippen molar-refractivity contribution in [3.05, 3.63) is 53.9 Å². The highest BCUT2D eigenvalue weighted by Gasteiger charge is 2.28. The van der Waals surface area contributed by atoms with E-state index in [4.69, 9.17) is 18.6 Å². The van der Waals surface area contributed by atoms with E-state index in [0.29, 0.717) is 29.2 Å². The number of fused-ring (bicyclic) bond motifs is 2. The van der Waals surface area contributed by atoms with Crippen LogP contribution in [0.5, 0.6) is 17.2 Å². The van der Waals surface area contributed by atoms with E-state index in [1.165, 1.54) is 11.8 Å². The van der Waals surface area contributed by atoms with E-state index in [0.717, 1.165) is 29.8 Å². The number of rotatable bonds is 5. The lowest BCUT2D eigenvalue weighted by atomic mass is 10.0. The minimum Gasteiger partial charge on any atom is -0.497 e. The summed E-state index contributed by atoms with van der Waals surface area (Å²) < 4.78 is 22.6. The van der Waals surface area contributed by atoms with Crippen LogP contribution in [0.1, 0.15) is 24.0 Å². The van der Waals surface area contributed by atoms with Gasteiger partial charge < -0.3 is 23.5 Å². The molecule has 160 valence electrons. The van der Waals surface area contributed by atoms with E-state index < -0.39 is 6.10 Å². The zero-order valence-electron chi connectivity index (χ0n) is 16.9. The maximum Gasteiger partial charge on any atom is 0.277 e. The molecule has 2 aliphatic rings. The predicted molar refractivity (Wildman–Crippen MR) is 114 cm³/mol. The molecule has 1 atom stereocenters.